The lowest BCUT2D eigenvalue weighted by Gasteiger charge is -2.10. The normalized spacial score (nSPS) is 10.3. The largest absolute Gasteiger partial charge is 0.487 e. The molecule has 0 unspecified atom stereocenters. The molecule has 0 aliphatic heterocycles. The summed E-state index contributed by atoms with van der Waals surface area (Å²) >= 11 is 0. The zero-order chi connectivity index (χ0) is 14.7. The molecule has 0 aromatic heterocycles. The van der Waals surface area contributed by atoms with Crippen LogP contribution < -0.4 is 16.2 Å². The fourth-order valence-corrected chi connectivity index (χ4v) is 1.63. The topological polar surface area (TPSA) is 78.3 Å². The number of anilines is 1. The Balaban J connectivity index is 2.20. The molecule has 0 radical (unpaired) electrons. The Hall–Kier alpha value is -2.63. The van der Waals surface area contributed by atoms with Gasteiger partial charge in [-0.1, -0.05) is 0 Å². The molecule has 20 heavy (non-hydrogen) atoms. The minimum absolute atomic E-state index is 0.105. The van der Waals surface area contributed by atoms with Crippen molar-refractivity contribution in [1.29, 1.82) is 0 Å². The van der Waals surface area contributed by atoms with Crippen molar-refractivity contribution < 1.29 is 18.3 Å². The molecule has 2 aromatic carbocycles. The lowest BCUT2D eigenvalue weighted by Crippen LogP contribution is -2.12. The maximum absolute atomic E-state index is 13.6. The monoisotopic (exact) mass is 278 g/mol. The number of benzene rings is 2. The van der Waals surface area contributed by atoms with Crippen LogP contribution in [0.1, 0.15) is 15.9 Å². The van der Waals surface area contributed by atoms with Gasteiger partial charge in [-0.3, -0.25) is 4.79 Å². The zero-order valence-corrected chi connectivity index (χ0v) is 10.4. The average molecular weight is 278 g/mol. The SMILES string of the molecule is NC(=O)c1ccc(F)c(COc2cc(F)ccc2N)c1. The highest BCUT2D eigenvalue weighted by Crippen LogP contribution is 2.23. The standard InChI is InChI=1S/C14H12F2N2O2/c15-10-2-4-12(17)13(6-10)20-7-9-5-8(14(18)19)1-3-11(9)16/h1-6H,7,17H2,(H2,18,19). The molecule has 0 bridgehead atoms. The van der Waals surface area contributed by atoms with E-state index < -0.39 is 17.5 Å². The van der Waals surface area contributed by atoms with Gasteiger partial charge in [0.05, 0.1) is 5.69 Å². The van der Waals surface area contributed by atoms with Crippen LogP contribution in [0.4, 0.5) is 14.5 Å². The quantitative estimate of drug-likeness (QED) is 0.842. The molecule has 0 saturated heterocycles. The molecule has 4 nitrogen and oxygen atoms in total. The molecule has 0 saturated carbocycles. The Morgan fingerprint density at radius 3 is 2.60 bits per heavy atom. The van der Waals surface area contributed by atoms with Gasteiger partial charge in [0.1, 0.15) is 24.0 Å². The fraction of sp³-hybridized carbons (Fsp3) is 0.0714. The van der Waals surface area contributed by atoms with E-state index >= 15 is 0 Å². The number of halogens is 2. The molecule has 0 heterocycles. The van der Waals surface area contributed by atoms with Gasteiger partial charge in [-0.2, -0.15) is 0 Å². The lowest BCUT2D eigenvalue weighted by atomic mass is 10.1. The van der Waals surface area contributed by atoms with Crippen LogP contribution >= 0.6 is 0 Å². The summed E-state index contributed by atoms with van der Waals surface area (Å²) in [5, 5.41) is 0. The number of carbonyl (C=O) groups is 1. The van der Waals surface area contributed by atoms with E-state index in [4.69, 9.17) is 16.2 Å². The predicted molar refractivity (Wildman–Crippen MR) is 70.1 cm³/mol. The fourth-order valence-electron chi connectivity index (χ4n) is 1.63. The van der Waals surface area contributed by atoms with Crippen LogP contribution in [0.5, 0.6) is 5.75 Å². The number of nitrogen functional groups attached to an aromatic ring is 1. The van der Waals surface area contributed by atoms with Crippen molar-refractivity contribution in [3.05, 3.63) is 59.2 Å². The summed E-state index contributed by atoms with van der Waals surface area (Å²) in [6, 6.07) is 7.32. The molecule has 104 valence electrons. The first-order chi connectivity index (χ1) is 9.47. The van der Waals surface area contributed by atoms with E-state index in [1.807, 2.05) is 0 Å². The molecular weight excluding hydrogens is 266 g/mol. The number of carbonyl (C=O) groups excluding carboxylic acids is 1. The Morgan fingerprint density at radius 1 is 1.15 bits per heavy atom. The van der Waals surface area contributed by atoms with Crippen LogP contribution in [-0.2, 0) is 6.61 Å². The summed E-state index contributed by atoms with van der Waals surface area (Å²) in [4.78, 5) is 11.0. The summed E-state index contributed by atoms with van der Waals surface area (Å²) in [5.74, 6) is -1.63. The minimum Gasteiger partial charge on any atom is -0.487 e. The van der Waals surface area contributed by atoms with Crippen LogP contribution in [0.25, 0.3) is 0 Å². The zero-order valence-electron chi connectivity index (χ0n) is 10.4. The number of amides is 1. The van der Waals surface area contributed by atoms with Gasteiger partial charge in [0.25, 0.3) is 0 Å². The first kappa shape index (κ1) is 13.8. The highest BCUT2D eigenvalue weighted by Gasteiger charge is 2.09. The van der Waals surface area contributed by atoms with Gasteiger partial charge in [0, 0.05) is 17.2 Å². The van der Waals surface area contributed by atoms with Gasteiger partial charge in [-0.25, -0.2) is 8.78 Å². The van der Waals surface area contributed by atoms with E-state index in [0.29, 0.717) is 0 Å². The summed E-state index contributed by atoms with van der Waals surface area (Å²) < 4.78 is 31.9. The number of primary amides is 1. The van der Waals surface area contributed by atoms with Crippen molar-refractivity contribution in [2.24, 2.45) is 5.73 Å². The summed E-state index contributed by atoms with van der Waals surface area (Å²) in [6.45, 7) is -0.194. The lowest BCUT2D eigenvalue weighted by molar-refractivity contribution is 0.1000. The van der Waals surface area contributed by atoms with Gasteiger partial charge in [0.15, 0.2) is 0 Å². The molecular formula is C14H12F2N2O2. The van der Waals surface area contributed by atoms with Crippen LogP contribution in [0.3, 0.4) is 0 Å². The van der Waals surface area contributed by atoms with Crippen molar-refractivity contribution in [2.45, 2.75) is 6.61 Å². The van der Waals surface area contributed by atoms with Gasteiger partial charge >= 0.3 is 0 Å². The molecule has 2 aromatic rings. The van der Waals surface area contributed by atoms with E-state index in [1.165, 1.54) is 24.3 Å². The Morgan fingerprint density at radius 2 is 1.90 bits per heavy atom. The first-order valence-electron chi connectivity index (χ1n) is 5.73. The van der Waals surface area contributed by atoms with E-state index in [9.17, 15) is 13.6 Å². The minimum atomic E-state index is -0.670. The Bertz CT molecular complexity index is 660. The molecule has 2 rings (SSSR count). The first-order valence-corrected chi connectivity index (χ1v) is 5.73. The third-order valence-electron chi connectivity index (χ3n) is 2.69. The molecule has 0 fully saturated rings. The van der Waals surface area contributed by atoms with Crippen molar-refractivity contribution in [1.82, 2.24) is 0 Å². The Kier molecular flexibility index (Phi) is 3.84. The van der Waals surface area contributed by atoms with Crippen LogP contribution in [0.2, 0.25) is 0 Å². The average Bonchev–Trinajstić information content (AvgIpc) is 2.41. The molecule has 0 atom stereocenters. The maximum atomic E-state index is 13.6. The highest BCUT2D eigenvalue weighted by molar-refractivity contribution is 5.92. The second kappa shape index (κ2) is 5.56. The molecule has 6 heteroatoms. The van der Waals surface area contributed by atoms with Crippen LogP contribution in [0.15, 0.2) is 36.4 Å². The molecule has 1 amide bonds. The summed E-state index contributed by atoms with van der Waals surface area (Å²) in [7, 11) is 0. The molecule has 0 aliphatic rings. The number of nitrogens with two attached hydrogens (primary N) is 2. The summed E-state index contributed by atoms with van der Waals surface area (Å²) in [6.07, 6.45) is 0. The highest BCUT2D eigenvalue weighted by atomic mass is 19.1. The van der Waals surface area contributed by atoms with E-state index in [1.54, 1.807) is 0 Å². The molecule has 0 aliphatic carbocycles. The maximum Gasteiger partial charge on any atom is 0.248 e. The summed E-state index contributed by atoms with van der Waals surface area (Å²) in [5.41, 5.74) is 11.3. The van der Waals surface area contributed by atoms with Crippen LogP contribution in [0, 0.1) is 11.6 Å². The van der Waals surface area contributed by atoms with Crippen LogP contribution in [-0.4, -0.2) is 5.91 Å². The number of ether oxygens (including phenoxy) is 1. The number of hydrogen-bond donors (Lipinski definition) is 2. The van der Waals surface area contributed by atoms with Gasteiger partial charge < -0.3 is 16.2 Å². The number of hydrogen-bond acceptors (Lipinski definition) is 3. The van der Waals surface area contributed by atoms with E-state index in [0.717, 1.165) is 12.1 Å². The second-order valence-corrected chi connectivity index (χ2v) is 4.14. The Labute approximate surface area is 114 Å². The van der Waals surface area contributed by atoms with Gasteiger partial charge in [-0.15, -0.1) is 0 Å². The second-order valence-electron chi connectivity index (χ2n) is 4.14. The third kappa shape index (κ3) is 3.03. The van der Waals surface area contributed by atoms with E-state index in [2.05, 4.69) is 0 Å². The van der Waals surface area contributed by atoms with Gasteiger partial charge in [-0.05, 0) is 30.3 Å². The van der Waals surface area contributed by atoms with E-state index in [-0.39, 0.29) is 29.2 Å². The van der Waals surface area contributed by atoms with Crippen molar-refractivity contribution in [3.8, 4) is 5.75 Å². The van der Waals surface area contributed by atoms with Crippen molar-refractivity contribution in [3.63, 3.8) is 0 Å². The third-order valence-corrected chi connectivity index (χ3v) is 2.69. The van der Waals surface area contributed by atoms with Gasteiger partial charge in [0.2, 0.25) is 5.91 Å². The predicted octanol–water partition coefficient (Wildman–Crippen LogP) is 2.22. The molecule has 0 spiro atoms. The number of rotatable bonds is 4. The van der Waals surface area contributed by atoms with Crippen molar-refractivity contribution in [2.75, 3.05) is 5.73 Å². The molecule has 4 N–H and O–H groups in total. The van der Waals surface area contributed by atoms with Crippen molar-refractivity contribution >= 4 is 11.6 Å². The smallest absolute Gasteiger partial charge is 0.248 e.